The van der Waals surface area contributed by atoms with Crippen molar-refractivity contribution in [3.63, 3.8) is 0 Å². The number of rotatable bonds is 19. The van der Waals surface area contributed by atoms with Crippen LogP contribution in [0.4, 0.5) is 5.69 Å². The molecule has 0 aromatic heterocycles. The molecule has 0 aliphatic rings. The quantitative estimate of drug-likeness (QED) is 0.186. The van der Waals surface area contributed by atoms with E-state index < -0.39 is 0 Å². The normalized spacial score (nSPS) is 11.5. The third-order valence-electron chi connectivity index (χ3n) is 5.81. The van der Waals surface area contributed by atoms with E-state index in [0.29, 0.717) is 6.42 Å². The Kier molecular flexibility index (Phi) is 16.3. The van der Waals surface area contributed by atoms with E-state index in [0.717, 1.165) is 32.4 Å². The Hall–Kier alpha value is -2.03. The van der Waals surface area contributed by atoms with Crippen molar-refractivity contribution >= 4 is 11.6 Å². The number of unbranched alkanes of at least 4 members (excludes halogenated alkanes) is 8. The van der Waals surface area contributed by atoms with Crippen molar-refractivity contribution in [2.45, 2.75) is 97.3 Å². The van der Waals surface area contributed by atoms with Crippen molar-refractivity contribution in [3.8, 4) is 0 Å². The van der Waals surface area contributed by atoms with Crippen LogP contribution in [0.1, 0.15) is 96.5 Å². The fourth-order valence-electron chi connectivity index (χ4n) is 3.95. The van der Waals surface area contributed by atoms with Gasteiger partial charge in [-0.2, -0.15) is 0 Å². The fourth-order valence-corrected chi connectivity index (χ4v) is 3.95. The summed E-state index contributed by atoms with van der Waals surface area (Å²) in [6.07, 6.45) is 24.0. The van der Waals surface area contributed by atoms with Gasteiger partial charge in [-0.05, 0) is 76.8 Å². The van der Waals surface area contributed by atoms with Gasteiger partial charge in [0.1, 0.15) is 0 Å². The Bertz CT molecular complexity index is 632. The third-order valence-corrected chi connectivity index (χ3v) is 5.81. The predicted molar refractivity (Wildman–Crippen MR) is 137 cm³/mol. The fraction of sp³-hybridized carbons (Fsp3) is 0.607. The molecule has 0 radical (unpaired) electrons. The molecule has 1 rings (SSSR count). The number of primary amides is 1. The first kappa shape index (κ1) is 27.0. The molecular formula is C28H46N2O. The molecule has 0 fully saturated rings. The van der Waals surface area contributed by atoms with Crippen LogP contribution in [-0.4, -0.2) is 19.0 Å². The second-order valence-corrected chi connectivity index (χ2v) is 8.35. The average Bonchev–Trinajstić information content (AvgIpc) is 2.77. The second-order valence-electron chi connectivity index (χ2n) is 8.35. The van der Waals surface area contributed by atoms with Gasteiger partial charge in [0.05, 0.1) is 0 Å². The number of benzene rings is 1. The maximum Gasteiger partial charge on any atom is 0.217 e. The smallest absolute Gasteiger partial charge is 0.217 e. The molecular weight excluding hydrogens is 380 g/mol. The zero-order valence-corrected chi connectivity index (χ0v) is 20.2. The molecule has 1 aromatic rings. The van der Waals surface area contributed by atoms with Crippen LogP contribution in [0.15, 0.2) is 48.6 Å². The molecule has 0 saturated carbocycles. The lowest BCUT2D eigenvalue weighted by Gasteiger charge is -2.24. The van der Waals surface area contributed by atoms with Crippen molar-refractivity contribution in [3.05, 3.63) is 54.1 Å². The van der Waals surface area contributed by atoms with Crippen LogP contribution in [0, 0.1) is 0 Å². The van der Waals surface area contributed by atoms with E-state index in [9.17, 15) is 4.79 Å². The number of para-hydroxylation sites is 1. The summed E-state index contributed by atoms with van der Waals surface area (Å²) in [5.41, 5.74) is 8.06. The number of amides is 1. The van der Waals surface area contributed by atoms with E-state index in [4.69, 9.17) is 5.73 Å². The molecule has 0 bridgehead atoms. The zero-order chi connectivity index (χ0) is 22.6. The minimum Gasteiger partial charge on any atom is -0.372 e. The summed E-state index contributed by atoms with van der Waals surface area (Å²) >= 11 is 0. The summed E-state index contributed by atoms with van der Waals surface area (Å²) < 4.78 is 0. The second kappa shape index (κ2) is 18.7. The summed E-state index contributed by atoms with van der Waals surface area (Å²) in [6.45, 7) is 6.62. The maximum absolute atomic E-state index is 10.7. The van der Waals surface area contributed by atoms with E-state index >= 15 is 0 Å². The monoisotopic (exact) mass is 426 g/mol. The summed E-state index contributed by atoms with van der Waals surface area (Å²) in [7, 11) is 0. The van der Waals surface area contributed by atoms with Gasteiger partial charge in [0, 0.05) is 25.2 Å². The SMILES string of the molecule is CCN(CC)c1ccccc1CCCCC/C=C\C/C=C\CCCCCCCC(N)=O. The van der Waals surface area contributed by atoms with Crippen molar-refractivity contribution in [1.29, 1.82) is 0 Å². The molecule has 0 heterocycles. The number of hydrogen-bond donors (Lipinski definition) is 1. The van der Waals surface area contributed by atoms with Crippen LogP contribution in [0.3, 0.4) is 0 Å². The Balaban J connectivity index is 2.02. The van der Waals surface area contributed by atoms with E-state index in [1.807, 2.05) is 0 Å². The molecule has 2 N–H and O–H groups in total. The van der Waals surface area contributed by atoms with Gasteiger partial charge in [0.15, 0.2) is 0 Å². The number of nitrogens with zero attached hydrogens (tertiary/aromatic N) is 1. The van der Waals surface area contributed by atoms with E-state index in [1.54, 1.807) is 0 Å². The minimum atomic E-state index is -0.173. The molecule has 1 amide bonds. The summed E-state index contributed by atoms with van der Waals surface area (Å²) in [5.74, 6) is -0.173. The van der Waals surface area contributed by atoms with Gasteiger partial charge in [-0.1, -0.05) is 68.2 Å². The topological polar surface area (TPSA) is 46.3 Å². The summed E-state index contributed by atoms with van der Waals surface area (Å²) in [6, 6.07) is 8.89. The Labute approximate surface area is 191 Å². The molecule has 0 aliphatic heterocycles. The number of carbonyl (C=O) groups is 1. The van der Waals surface area contributed by atoms with Crippen molar-refractivity contribution in [2.75, 3.05) is 18.0 Å². The van der Waals surface area contributed by atoms with Gasteiger partial charge >= 0.3 is 0 Å². The predicted octanol–water partition coefficient (Wildman–Crippen LogP) is 7.35. The van der Waals surface area contributed by atoms with Crippen LogP contribution in [-0.2, 0) is 11.2 Å². The van der Waals surface area contributed by atoms with Gasteiger partial charge in [-0.3, -0.25) is 4.79 Å². The van der Waals surface area contributed by atoms with Crippen molar-refractivity contribution < 1.29 is 4.79 Å². The number of carbonyl (C=O) groups excluding carboxylic acids is 1. The highest BCUT2D eigenvalue weighted by molar-refractivity contribution is 5.73. The van der Waals surface area contributed by atoms with E-state index in [1.165, 1.54) is 69.0 Å². The van der Waals surface area contributed by atoms with Crippen molar-refractivity contribution in [2.24, 2.45) is 5.73 Å². The van der Waals surface area contributed by atoms with Gasteiger partial charge in [0.2, 0.25) is 5.91 Å². The minimum absolute atomic E-state index is 0.173. The molecule has 174 valence electrons. The lowest BCUT2D eigenvalue weighted by Crippen LogP contribution is -2.23. The largest absolute Gasteiger partial charge is 0.372 e. The first-order valence-corrected chi connectivity index (χ1v) is 12.6. The van der Waals surface area contributed by atoms with Crippen LogP contribution in [0.25, 0.3) is 0 Å². The van der Waals surface area contributed by atoms with Crippen molar-refractivity contribution in [1.82, 2.24) is 0 Å². The summed E-state index contributed by atoms with van der Waals surface area (Å²) in [5, 5.41) is 0. The summed E-state index contributed by atoms with van der Waals surface area (Å²) in [4.78, 5) is 13.1. The van der Waals surface area contributed by atoms with Gasteiger partial charge < -0.3 is 10.6 Å². The number of nitrogens with two attached hydrogens (primary N) is 1. The average molecular weight is 427 g/mol. The molecule has 3 nitrogen and oxygen atoms in total. The molecule has 0 saturated heterocycles. The molecule has 3 heteroatoms. The third kappa shape index (κ3) is 13.8. The molecule has 31 heavy (non-hydrogen) atoms. The highest BCUT2D eigenvalue weighted by Gasteiger charge is 2.06. The first-order valence-electron chi connectivity index (χ1n) is 12.6. The lowest BCUT2D eigenvalue weighted by atomic mass is 10.0. The number of aryl methyl sites for hydroxylation is 1. The number of allylic oxidation sites excluding steroid dienone is 4. The maximum atomic E-state index is 10.7. The lowest BCUT2D eigenvalue weighted by molar-refractivity contribution is -0.118. The molecule has 0 aliphatic carbocycles. The standard InChI is InChI=1S/C28H46N2O/c1-3-30(4-2)27-24-21-20-23-26(27)22-18-16-14-12-10-8-6-5-7-9-11-13-15-17-19-25-28(29)31/h5,7-8,10,20-21,23-24H,3-4,6,9,11-19,22,25H2,1-2H3,(H2,29,31)/b7-5-,10-8-. The number of anilines is 1. The van der Waals surface area contributed by atoms with Crippen LogP contribution in [0.5, 0.6) is 0 Å². The Morgan fingerprint density at radius 3 is 2.03 bits per heavy atom. The Morgan fingerprint density at radius 1 is 0.806 bits per heavy atom. The van der Waals surface area contributed by atoms with Gasteiger partial charge in [0.25, 0.3) is 0 Å². The Morgan fingerprint density at radius 2 is 1.39 bits per heavy atom. The molecule has 0 unspecified atom stereocenters. The zero-order valence-electron chi connectivity index (χ0n) is 20.2. The van der Waals surface area contributed by atoms with Gasteiger partial charge in [-0.15, -0.1) is 0 Å². The van der Waals surface area contributed by atoms with Crippen LogP contribution in [0.2, 0.25) is 0 Å². The first-order chi connectivity index (χ1) is 15.2. The highest BCUT2D eigenvalue weighted by Crippen LogP contribution is 2.22. The number of hydrogen-bond acceptors (Lipinski definition) is 2. The van der Waals surface area contributed by atoms with Crippen LogP contribution >= 0.6 is 0 Å². The van der Waals surface area contributed by atoms with E-state index in [-0.39, 0.29) is 5.91 Å². The van der Waals surface area contributed by atoms with Gasteiger partial charge in [-0.25, -0.2) is 0 Å². The highest BCUT2D eigenvalue weighted by atomic mass is 16.1. The molecule has 0 atom stereocenters. The molecule has 0 spiro atoms. The molecule has 1 aromatic carbocycles. The van der Waals surface area contributed by atoms with E-state index in [2.05, 4.69) is 67.3 Å². The van der Waals surface area contributed by atoms with Crippen LogP contribution < -0.4 is 10.6 Å².